The lowest BCUT2D eigenvalue weighted by atomic mass is 10.1. The van der Waals surface area contributed by atoms with Crippen molar-refractivity contribution in [3.8, 4) is 0 Å². The van der Waals surface area contributed by atoms with Crippen LogP contribution in [0.1, 0.15) is 17.5 Å². The smallest absolute Gasteiger partial charge is 0.303 e. The molecule has 1 aromatic carbocycles. The predicted octanol–water partition coefficient (Wildman–Crippen LogP) is 2.06. The molecule has 0 spiro atoms. The molecule has 0 fully saturated rings. The van der Waals surface area contributed by atoms with E-state index in [0.29, 0.717) is 16.6 Å². The molecule has 0 radical (unpaired) electrons. The SMILES string of the molecule is NCc1cc(CCC(=O)O)c(F)cc1Br. The third-order valence-electron chi connectivity index (χ3n) is 2.04. The summed E-state index contributed by atoms with van der Waals surface area (Å²) in [7, 11) is 0. The van der Waals surface area contributed by atoms with Crippen LogP contribution < -0.4 is 5.73 Å². The van der Waals surface area contributed by atoms with Crippen molar-refractivity contribution in [1.29, 1.82) is 0 Å². The number of aliphatic carboxylic acids is 1. The van der Waals surface area contributed by atoms with Gasteiger partial charge in [-0.25, -0.2) is 4.39 Å². The minimum absolute atomic E-state index is 0.0808. The largest absolute Gasteiger partial charge is 0.481 e. The fourth-order valence-corrected chi connectivity index (χ4v) is 1.71. The van der Waals surface area contributed by atoms with Crippen LogP contribution in [-0.4, -0.2) is 11.1 Å². The van der Waals surface area contributed by atoms with Crippen LogP contribution in [0.25, 0.3) is 0 Å². The second-order valence-electron chi connectivity index (χ2n) is 3.13. The quantitative estimate of drug-likeness (QED) is 0.884. The van der Waals surface area contributed by atoms with Crippen LogP contribution >= 0.6 is 15.9 Å². The van der Waals surface area contributed by atoms with E-state index in [2.05, 4.69) is 15.9 Å². The van der Waals surface area contributed by atoms with E-state index in [9.17, 15) is 9.18 Å². The van der Waals surface area contributed by atoms with Gasteiger partial charge in [-0.15, -0.1) is 0 Å². The van der Waals surface area contributed by atoms with Crippen molar-refractivity contribution in [1.82, 2.24) is 0 Å². The van der Waals surface area contributed by atoms with Gasteiger partial charge in [0.25, 0.3) is 0 Å². The molecule has 0 unspecified atom stereocenters. The minimum Gasteiger partial charge on any atom is -0.481 e. The summed E-state index contributed by atoms with van der Waals surface area (Å²) in [4.78, 5) is 10.3. The molecule has 0 atom stereocenters. The molecule has 1 rings (SSSR count). The summed E-state index contributed by atoms with van der Waals surface area (Å²) in [5.41, 5.74) is 6.62. The van der Waals surface area contributed by atoms with E-state index in [1.807, 2.05) is 0 Å². The summed E-state index contributed by atoms with van der Waals surface area (Å²) in [5, 5.41) is 8.49. The van der Waals surface area contributed by atoms with Gasteiger partial charge in [0, 0.05) is 17.4 Å². The first-order valence-corrected chi connectivity index (χ1v) is 5.22. The highest BCUT2D eigenvalue weighted by atomic mass is 79.9. The number of benzene rings is 1. The van der Waals surface area contributed by atoms with Crippen molar-refractivity contribution in [2.24, 2.45) is 5.73 Å². The summed E-state index contributed by atoms with van der Waals surface area (Å²) in [6.45, 7) is 0.293. The predicted molar refractivity (Wildman–Crippen MR) is 57.9 cm³/mol. The van der Waals surface area contributed by atoms with Gasteiger partial charge in [-0.2, -0.15) is 0 Å². The zero-order chi connectivity index (χ0) is 11.4. The van der Waals surface area contributed by atoms with Gasteiger partial charge >= 0.3 is 5.97 Å². The molecule has 15 heavy (non-hydrogen) atoms. The summed E-state index contributed by atoms with van der Waals surface area (Å²) in [5.74, 6) is -1.34. The number of halogens is 2. The molecule has 0 aliphatic heterocycles. The van der Waals surface area contributed by atoms with Crippen LogP contribution in [0.15, 0.2) is 16.6 Å². The van der Waals surface area contributed by atoms with Gasteiger partial charge in [0.2, 0.25) is 0 Å². The number of aryl methyl sites for hydroxylation is 1. The zero-order valence-electron chi connectivity index (χ0n) is 7.96. The van der Waals surface area contributed by atoms with Crippen molar-refractivity contribution in [2.45, 2.75) is 19.4 Å². The van der Waals surface area contributed by atoms with Gasteiger partial charge in [0.15, 0.2) is 0 Å². The first kappa shape index (κ1) is 12.1. The van der Waals surface area contributed by atoms with Crippen LogP contribution in [0.3, 0.4) is 0 Å². The Morgan fingerprint density at radius 3 is 2.67 bits per heavy atom. The van der Waals surface area contributed by atoms with Crippen LogP contribution in [0.2, 0.25) is 0 Å². The fourth-order valence-electron chi connectivity index (χ4n) is 1.23. The molecule has 3 nitrogen and oxygen atoms in total. The van der Waals surface area contributed by atoms with E-state index < -0.39 is 11.8 Å². The summed E-state index contributed by atoms with van der Waals surface area (Å²) >= 11 is 3.19. The Bertz CT molecular complexity index is 382. The molecule has 0 aliphatic rings. The Labute approximate surface area is 95.2 Å². The molecule has 1 aromatic rings. The van der Waals surface area contributed by atoms with E-state index in [0.717, 1.165) is 5.56 Å². The number of carbonyl (C=O) groups is 1. The van der Waals surface area contributed by atoms with Crippen molar-refractivity contribution in [3.05, 3.63) is 33.5 Å². The van der Waals surface area contributed by atoms with Crippen molar-refractivity contribution >= 4 is 21.9 Å². The maximum Gasteiger partial charge on any atom is 0.303 e. The van der Waals surface area contributed by atoms with E-state index in [-0.39, 0.29) is 12.8 Å². The van der Waals surface area contributed by atoms with Crippen molar-refractivity contribution < 1.29 is 14.3 Å². The third kappa shape index (κ3) is 3.28. The molecule has 0 saturated heterocycles. The first-order valence-electron chi connectivity index (χ1n) is 4.43. The summed E-state index contributed by atoms with van der Waals surface area (Å²) < 4.78 is 14.0. The van der Waals surface area contributed by atoms with Crippen LogP contribution in [0.5, 0.6) is 0 Å². The van der Waals surface area contributed by atoms with E-state index in [4.69, 9.17) is 10.8 Å². The monoisotopic (exact) mass is 275 g/mol. The third-order valence-corrected chi connectivity index (χ3v) is 2.78. The second-order valence-corrected chi connectivity index (χ2v) is 3.99. The maximum atomic E-state index is 13.4. The zero-order valence-corrected chi connectivity index (χ0v) is 9.55. The van der Waals surface area contributed by atoms with E-state index in [1.54, 1.807) is 6.07 Å². The molecule has 0 bridgehead atoms. The first-order chi connectivity index (χ1) is 7.04. The molecule has 0 saturated carbocycles. The molecule has 0 aromatic heterocycles. The lowest BCUT2D eigenvalue weighted by molar-refractivity contribution is -0.136. The summed E-state index contributed by atoms with van der Waals surface area (Å²) in [6, 6.07) is 2.92. The Hall–Kier alpha value is -0.940. The Kier molecular flexibility index (Phi) is 4.23. The van der Waals surface area contributed by atoms with Gasteiger partial charge in [0.05, 0.1) is 0 Å². The highest BCUT2D eigenvalue weighted by Gasteiger charge is 2.08. The van der Waals surface area contributed by atoms with Gasteiger partial charge in [-0.1, -0.05) is 22.0 Å². The number of nitrogens with two attached hydrogens (primary N) is 1. The van der Waals surface area contributed by atoms with Crippen LogP contribution in [-0.2, 0) is 17.8 Å². The van der Waals surface area contributed by atoms with Crippen LogP contribution in [0, 0.1) is 5.82 Å². The van der Waals surface area contributed by atoms with Crippen molar-refractivity contribution in [3.63, 3.8) is 0 Å². The van der Waals surface area contributed by atoms with Gasteiger partial charge < -0.3 is 10.8 Å². The highest BCUT2D eigenvalue weighted by Crippen LogP contribution is 2.21. The van der Waals surface area contributed by atoms with E-state index >= 15 is 0 Å². The average Bonchev–Trinajstić information content (AvgIpc) is 2.16. The van der Waals surface area contributed by atoms with Gasteiger partial charge in [-0.3, -0.25) is 4.79 Å². The van der Waals surface area contributed by atoms with Gasteiger partial charge in [0.1, 0.15) is 5.82 Å². The molecule has 5 heteroatoms. The Morgan fingerprint density at radius 1 is 1.47 bits per heavy atom. The number of hydrogen-bond acceptors (Lipinski definition) is 2. The van der Waals surface area contributed by atoms with Gasteiger partial charge in [-0.05, 0) is 23.6 Å². The average molecular weight is 276 g/mol. The lowest BCUT2D eigenvalue weighted by Crippen LogP contribution is -2.03. The number of carboxylic acid groups (broad SMARTS) is 1. The molecular formula is C10H11BrFNO2. The number of rotatable bonds is 4. The number of carboxylic acids is 1. The second kappa shape index (κ2) is 5.23. The summed E-state index contributed by atoms with van der Waals surface area (Å²) in [6.07, 6.45) is 0.101. The standard InChI is InChI=1S/C10H11BrFNO2/c11-8-4-9(12)6(1-2-10(14)15)3-7(8)5-13/h3-4H,1-2,5,13H2,(H,14,15). The minimum atomic E-state index is -0.938. The molecular weight excluding hydrogens is 265 g/mol. The molecule has 0 aliphatic carbocycles. The maximum absolute atomic E-state index is 13.4. The Morgan fingerprint density at radius 2 is 2.13 bits per heavy atom. The number of hydrogen-bond donors (Lipinski definition) is 2. The molecule has 3 N–H and O–H groups in total. The highest BCUT2D eigenvalue weighted by molar-refractivity contribution is 9.10. The van der Waals surface area contributed by atoms with Crippen molar-refractivity contribution in [2.75, 3.05) is 0 Å². The van der Waals surface area contributed by atoms with Crippen LogP contribution in [0.4, 0.5) is 4.39 Å². The molecule has 0 amide bonds. The molecule has 82 valence electrons. The van der Waals surface area contributed by atoms with E-state index in [1.165, 1.54) is 6.07 Å². The Balaban J connectivity index is 2.92. The lowest BCUT2D eigenvalue weighted by Gasteiger charge is -2.06. The normalized spacial score (nSPS) is 10.3. The fraction of sp³-hybridized carbons (Fsp3) is 0.300. The molecule has 0 heterocycles. The topological polar surface area (TPSA) is 63.3 Å².